The molecule has 0 spiro atoms. The summed E-state index contributed by atoms with van der Waals surface area (Å²) in [6, 6.07) is 20.8. The number of benzene rings is 2. The minimum absolute atomic E-state index is 0. The molecule has 2 fully saturated rings. The van der Waals surface area contributed by atoms with E-state index in [1.165, 1.54) is 22.3 Å². The highest BCUT2D eigenvalue weighted by Crippen LogP contribution is 2.47. The van der Waals surface area contributed by atoms with Crippen molar-refractivity contribution < 1.29 is 19.1 Å². The number of ether oxygens (including phenoxy) is 2. The third-order valence-electron chi connectivity index (χ3n) is 14.1. The average Bonchev–Trinajstić information content (AvgIpc) is 3.88. The first-order chi connectivity index (χ1) is 34.4. The largest absolute Gasteiger partial charge is 0.444 e. The van der Waals surface area contributed by atoms with E-state index in [1.807, 2.05) is 114 Å². The lowest BCUT2D eigenvalue weighted by atomic mass is 9.76. The lowest BCUT2D eigenvalue weighted by Crippen LogP contribution is -2.42. The fourth-order valence-electron chi connectivity index (χ4n) is 10.8. The van der Waals surface area contributed by atoms with Crippen molar-refractivity contribution in [3.8, 4) is 0 Å². The van der Waals surface area contributed by atoms with Gasteiger partial charge in [0.05, 0.1) is 29.7 Å². The number of likely N-dealkylation sites (tertiary alicyclic amines) is 2. The second kappa shape index (κ2) is 22.1. The molecule has 10 rings (SSSR count). The fraction of sp³-hybridized carbons (Fsp3) is 0.424. The predicted octanol–water partition coefficient (Wildman–Crippen LogP) is 13.8. The zero-order valence-corrected chi connectivity index (χ0v) is 44.3. The summed E-state index contributed by atoms with van der Waals surface area (Å²) in [4.78, 5) is 47.6. The minimum atomic E-state index is -0.494. The van der Waals surface area contributed by atoms with Gasteiger partial charge in [0, 0.05) is 103 Å². The van der Waals surface area contributed by atoms with Gasteiger partial charge >= 0.3 is 12.2 Å². The van der Waals surface area contributed by atoms with Gasteiger partial charge in [0.1, 0.15) is 11.2 Å². The van der Waals surface area contributed by atoms with E-state index in [9.17, 15) is 9.59 Å². The Bertz CT molecular complexity index is 3000. The first kappa shape index (κ1) is 53.1. The normalized spacial score (nSPS) is 17.9. The molecule has 2 saturated heterocycles. The van der Waals surface area contributed by atoms with E-state index in [4.69, 9.17) is 42.6 Å². The van der Waals surface area contributed by atoms with E-state index in [-0.39, 0.29) is 31.4 Å². The van der Waals surface area contributed by atoms with E-state index < -0.39 is 11.2 Å². The number of carbonyl (C=O) groups excluding carboxylic acids is 2. The van der Waals surface area contributed by atoms with Crippen LogP contribution in [0.15, 0.2) is 98.1 Å². The number of nitrogens with zero attached hydrogens (tertiary/aromatic N) is 8. The van der Waals surface area contributed by atoms with Crippen LogP contribution in [0.3, 0.4) is 0 Å². The van der Waals surface area contributed by atoms with Gasteiger partial charge in [0.15, 0.2) is 0 Å². The van der Waals surface area contributed by atoms with E-state index >= 15 is 0 Å². The predicted molar refractivity (Wildman–Crippen MR) is 293 cm³/mol. The van der Waals surface area contributed by atoms with Crippen LogP contribution in [-0.4, -0.2) is 88.4 Å². The maximum Gasteiger partial charge on any atom is 0.410 e. The monoisotopic (exact) mass is 1020 g/mol. The fourth-order valence-corrected chi connectivity index (χ4v) is 11.2. The number of amides is 2. The maximum atomic E-state index is 12.7. The Morgan fingerprint density at radius 1 is 0.644 bits per heavy atom. The number of fused-ring (bicyclic) bond motifs is 4. The molecule has 2 atom stereocenters. The van der Waals surface area contributed by atoms with Crippen molar-refractivity contribution in [2.45, 2.75) is 125 Å². The summed E-state index contributed by atoms with van der Waals surface area (Å²) < 4.78 is 15.5. The van der Waals surface area contributed by atoms with E-state index in [2.05, 4.69) is 80.8 Å². The van der Waals surface area contributed by atoms with Gasteiger partial charge in [0.25, 0.3) is 0 Å². The van der Waals surface area contributed by atoms with Crippen molar-refractivity contribution >= 4 is 58.7 Å². The molecule has 4 aromatic heterocycles. The average molecular weight is 1030 g/mol. The highest BCUT2D eigenvalue weighted by atomic mass is 35.5. The van der Waals surface area contributed by atoms with Gasteiger partial charge in [-0.05, 0) is 175 Å². The summed E-state index contributed by atoms with van der Waals surface area (Å²) in [5, 5.41) is 1.45. The summed E-state index contributed by atoms with van der Waals surface area (Å²) in [5.41, 5.74) is 12.8. The molecular formula is C59H70Cl2N8O4. The summed E-state index contributed by atoms with van der Waals surface area (Å²) in [6.07, 6.45) is 19.1. The highest BCUT2D eigenvalue weighted by Gasteiger charge is 2.38. The zero-order chi connectivity index (χ0) is 50.9. The number of piperidine rings is 2. The van der Waals surface area contributed by atoms with Crippen LogP contribution in [0.1, 0.15) is 143 Å². The molecule has 0 saturated carbocycles. The Morgan fingerprint density at radius 2 is 1.11 bits per heavy atom. The van der Waals surface area contributed by atoms with Crippen LogP contribution in [0.4, 0.5) is 9.59 Å². The van der Waals surface area contributed by atoms with Crippen LogP contribution in [0, 0.1) is 25.7 Å². The molecule has 4 aliphatic rings. The summed E-state index contributed by atoms with van der Waals surface area (Å²) >= 11 is 13.0. The number of hydrogen-bond acceptors (Lipinski definition) is 8. The van der Waals surface area contributed by atoms with Crippen LogP contribution < -0.4 is 0 Å². The van der Waals surface area contributed by atoms with Gasteiger partial charge in [-0.2, -0.15) is 0 Å². The van der Waals surface area contributed by atoms with Crippen LogP contribution in [0.5, 0.6) is 0 Å². The van der Waals surface area contributed by atoms with E-state index in [0.717, 1.165) is 80.8 Å². The molecule has 73 heavy (non-hydrogen) atoms. The number of halogens is 2. The second-order valence-corrected chi connectivity index (χ2v) is 22.5. The third-order valence-corrected chi connectivity index (χ3v) is 14.6. The SMILES string of the molecule is C.Cc1cn(CC2=Cc3cc(Cl)ccc3C(C3CCN(C(=O)OC(C)(C)C)CC3)c3ncccc32)cn1.Cc1cncn1CC1=Cc2cc(Cl)ccc2C(C2CCN(C(=O)OC(C)(C)C)CC2)c2ncccc21. The van der Waals surface area contributed by atoms with Crippen LogP contribution in [0.2, 0.25) is 10.0 Å². The van der Waals surface area contributed by atoms with Crippen LogP contribution >= 0.6 is 23.2 Å². The second-order valence-electron chi connectivity index (χ2n) is 21.7. The molecule has 2 aliphatic carbocycles. The van der Waals surface area contributed by atoms with Crippen molar-refractivity contribution in [3.63, 3.8) is 0 Å². The Hall–Kier alpha value is -6.24. The minimum Gasteiger partial charge on any atom is -0.444 e. The smallest absolute Gasteiger partial charge is 0.410 e. The Morgan fingerprint density at radius 3 is 1.52 bits per heavy atom. The quantitative estimate of drug-likeness (QED) is 0.162. The van der Waals surface area contributed by atoms with Crippen molar-refractivity contribution in [2.24, 2.45) is 11.8 Å². The van der Waals surface area contributed by atoms with E-state index in [1.54, 1.807) is 0 Å². The number of pyridine rings is 2. The summed E-state index contributed by atoms with van der Waals surface area (Å²) in [6.45, 7) is 19.6. The standard InChI is InChI=1S/2C29H33ClN4O2.CH4/c1-19-16-31-18-34(19)17-22-14-21-15-23(30)7-8-24(21)26(27-25(22)6-5-11-32-27)20-9-12-33(13-10-20)28(35)36-29(2,3)4;1-19-16-33(18-32-19)17-22-14-21-15-23(30)7-8-24(21)26(27-25(22)6-5-11-31-27)20-9-12-34(13-10-20)28(35)36-29(2,3)4;/h2*5-8,11,14-16,18,20,26H,9-10,12-13,17H2,1-4H3;1H4. The molecule has 2 unspecified atom stereocenters. The van der Waals surface area contributed by atoms with Crippen molar-refractivity contribution in [2.75, 3.05) is 26.2 Å². The number of imidazole rings is 2. The lowest BCUT2D eigenvalue weighted by Gasteiger charge is -2.37. The molecule has 0 radical (unpaired) electrons. The number of hydrogen-bond donors (Lipinski definition) is 0. The molecule has 6 heterocycles. The summed E-state index contributed by atoms with van der Waals surface area (Å²) in [7, 11) is 0. The van der Waals surface area contributed by atoms with Crippen LogP contribution in [0.25, 0.3) is 23.3 Å². The molecule has 6 aromatic rings. The molecule has 0 N–H and O–H groups in total. The van der Waals surface area contributed by atoms with E-state index in [0.29, 0.717) is 51.1 Å². The molecule has 2 aromatic carbocycles. The Kier molecular flexibility index (Phi) is 16.1. The van der Waals surface area contributed by atoms with Crippen molar-refractivity contribution in [1.29, 1.82) is 0 Å². The Labute approximate surface area is 441 Å². The van der Waals surface area contributed by atoms with Gasteiger partial charge in [-0.15, -0.1) is 0 Å². The van der Waals surface area contributed by atoms with Crippen molar-refractivity contribution in [1.82, 2.24) is 38.9 Å². The van der Waals surface area contributed by atoms with Crippen LogP contribution in [-0.2, 0) is 22.6 Å². The summed E-state index contributed by atoms with van der Waals surface area (Å²) in [5.74, 6) is 0.930. The topological polar surface area (TPSA) is 120 Å². The number of aryl methyl sites for hydroxylation is 2. The molecule has 2 aliphatic heterocycles. The highest BCUT2D eigenvalue weighted by molar-refractivity contribution is 6.31. The molecule has 14 heteroatoms. The van der Waals surface area contributed by atoms with Gasteiger partial charge in [-0.3, -0.25) is 9.97 Å². The molecule has 2 amide bonds. The van der Waals surface area contributed by atoms with Gasteiger partial charge < -0.3 is 28.4 Å². The lowest BCUT2D eigenvalue weighted by molar-refractivity contribution is 0.0167. The Balaban J connectivity index is 0.000000192. The number of carbonyl (C=O) groups is 2. The van der Waals surface area contributed by atoms with Gasteiger partial charge in [-0.25, -0.2) is 19.6 Å². The van der Waals surface area contributed by atoms with Gasteiger partial charge in [0.2, 0.25) is 0 Å². The maximum absolute atomic E-state index is 12.7. The molecular weight excluding hydrogens is 956 g/mol. The number of aromatic nitrogens is 6. The molecule has 0 bridgehead atoms. The first-order valence-corrected chi connectivity index (χ1v) is 25.9. The first-order valence-electron chi connectivity index (χ1n) is 25.2. The number of allylic oxidation sites excluding steroid dienone is 2. The van der Waals surface area contributed by atoms with Gasteiger partial charge in [-0.1, -0.05) is 54.9 Å². The molecule has 384 valence electrons. The molecule has 12 nitrogen and oxygen atoms in total. The number of rotatable bonds is 6. The van der Waals surface area contributed by atoms with Crippen molar-refractivity contribution in [3.05, 3.63) is 164 Å². The zero-order valence-electron chi connectivity index (χ0n) is 42.7. The third kappa shape index (κ3) is 12.4.